The van der Waals surface area contributed by atoms with Crippen LogP contribution < -0.4 is 15.8 Å². The molecule has 1 aliphatic heterocycles. The van der Waals surface area contributed by atoms with Crippen LogP contribution in [0.15, 0.2) is 18.5 Å². The van der Waals surface area contributed by atoms with Crippen LogP contribution in [0.5, 0.6) is 11.8 Å². The molecule has 0 unspecified atom stereocenters. The van der Waals surface area contributed by atoms with Crippen molar-refractivity contribution in [3.05, 3.63) is 24.0 Å². The van der Waals surface area contributed by atoms with Gasteiger partial charge in [-0.15, -0.1) is 5.10 Å². The highest BCUT2D eigenvalue weighted by Gasteiger charge is 2.18. The van der Waals surface area contributed by atoms with E-state index in [1.807, 2.05) is 6.07 Å². The second kappa shape index (κ2) is 4.27. The highest BCUT2D eigenvalue weighted by molar-refractivity contribution is 5.94. The molecule has 0 aliphatic carbocycles. The van der Waals surface area contributed by atoms with Gasteiger partial charge < -0.3 is 15.8 Å². The molecule has 0 saturated heterocycles. The van der Waals surface area contributed by atoms with Crippen LogP contribution in [-0.4, -0.2) is 20.7 Å². The number of carbonyl (C=O) groups is 1. The zero-order chi connectivity index (χ0) is 13.4. The number of benzene rings is 1. The topological polar surface area (TPSA) is 95.1 Å². The molecule has 98 valence electrons. The van der Waals surface area contributed by atoms with Crippen LogP contribution in [0.1, 0.15) is 12.0 Å². The Labute approximate surface area is 109 Å². The number of fused-ring (bicyclic) bond motifs is 1. The Hall–Kier alpha value is -2.57. The molecule has 0 radical (unpaired) electrons. The molecule has 7 heteroatoms. The monoisotopic (exact) mass is 259 g/mol. The van der Waals surface area contributed by atoms with Crippen molar-refractivity contribution >= 4 is 17.3 Å². The summed E-state index contributed by atoms with van der Waals surface area (Å²) in [5.41, 5.74) is 8.09. The molecule has 3 rings (SSSR count). The van der Waals surface area contributed by atoms with Crippen molar-refractivity contribution in [1.29, 1.82) is 0 Å². The van der Waals surface area contributed by atoms with Crippen molar-refractivity contribution in [2.75, 3.05) is 11.1 Å². The SMILES string of the molecule is Cn1cnc(Oc2cc3c(cc2N)NC(=O)CC3)n1. The third kappa shape index (κ3) is 2.22. The Bertz CT molecular complexity index is 650. The average molecular weight is 259 g/mol. The van der Waals surface area contributed by atoms with Crippen molar-refractivity contribution in [2.45, 2.75) is 12.8 Å². The lowest BCUT2D eigenvalue weighted by Gasteiger charge is -2.18. The van der Waals surface area contributed by atoms with E-state index in [4.69, 9.17) is 10.5 Å². The summed E-state index contributed by atoms with van der Waals surface area (Å²) in [6.45, 7) is 0. The number of nitrogens with zero attached hydrogens (tertiary/aromatic N) is 3. The highest BCUT2D eigenvalue weighted by Crippen LogP contribution is 2.34. The lowest BCUT2D eigenvalue weighted by molar-refractivity contribution is -0.116. The van der Waals surface area contributed by atoms with Gasteiger partial charge in [0.05, 0.1) is 5.69 Å². The fourth-order valence-electron chi connectivity index (χ4n) is 1.98. The minimum absolute atomic E-state index is 0.00645. The van der Waals surface area contributed by atoms with Crippen LogP contribution in [0.25, 0.3) is 0 Å². The normalized spacial score (nSPS) is 13.8. The maximum absolute atomic E-state index is 11.3. The Morgan fingerprint density at radius 1 is 1.42 bits per heavy atom. The lowest BCUT2D eigenvalue weighted by atomic mass is 10.0. The summed E-state index contributed by atoms with van der Waals surface area (Å²) < 4.78 is 7.09. The minimum Gasteiger partial charge on any atom is -0.421 e. The molecule has 1 aliphatic rings. The number of hydrogen-bond acceptors (Lipinski definition) is 5. The first kappa shape index (κ1) is 11.5. The van der Waals surface area contributed by atoms with Crippen molar-refractivity contribution in [1.82, 2.24) is 14.8 Å². The molecule has 0 fully saturated rings. The van der Waals surface area contributed by atoms with E-state index in [0.717, 1.165) is 11.3 Å². The maximum Gasteiger partial charge on any atom is 0.341 e. The van der Waals surface area contributed by atoms with Crippen LogP contribution in [0.2, 0.25) is 0 Å². The maximum atomic E-state index is 11.3. The molecule has 2 heterocycles. The van der Waals surface area contributed by atoms with E-state index in [1.165, 1.54) is 0 Å². The van der Waals surface area contributed by atoms with Crippen LogP contribution in [0.4, 0.5) is 11.4 Å². The van der Waals surface area contributed by atoms with Gasteiger partial charge in [0.1, 0.15) is 6.33 Å². The Kier molecular flexibility index (Phi) is 2.59. The van der Waals surface area contributed by atoms with Crippen molar-refractivity contribution in [3.63, 3.8) is 0 Å². The summed E-state index contributed by atoms with van der Waals surface area (Å²) in [4.78, 5) is 15.3. The molecule has 0 saturated carbocycles. The first-order valence-corrected chi connectivity index (χ1v) is 5.87. The van der Waals surface area contributed by atoms with Crippen LogP contribution in [0.3, 0.4) is 0 Å². The largest absolute Gasteiger partial charge is 0.421 e. The van der Waals surface area contributed by atoms with Gasteiger partial charge in [-0.3, -0.25) is 9.48 Å². The van der Waals surface area contributed by atoms with E-state index in [1.54, 1.807) is 24.1 Å². The quantitative estimate of drug-likeness (QED) is 0.787. The number of aromatic nitrogens is 3. The highest BCUT2D eigenvalue weighted by atomic mass is 16.5. The molecule has 7 nitrogen and oxygen atoms in total. The van der Waals surface area contributed by atoms with Gasteiger partial charge in [0.15, 0.2) is 5.75 Å². The number of carbonyl (C=O) groups excluding carboxylic acids is 1. The Morgan fingerprint density at radius 2 is 2.26 bits per heavy atom. The van der Waals surface area contributed by atoms with Gasteiger partial charge in [0.2, 0.25) is 5.91 Å². The summed E-state index contributed by atoms with van der Waals surface area (Å²) in [5, 5.41) is 6.82. The molecule has 0 bridgehead atoms. The van der Waals surface area contributed by atoms with Gasteiger partial charge >= 0.3 is 6.01 Å². The van der Waals surface area contributed by atoms with Crippen LogP contribution in [-0.2, 0) is 18.3 Å². The summed E-state index contributed by atoms with van der Waals surface area (Å²) in [6, 6.07) is 3.76. The molecule has 19 heavy (non-hydrogen) atoms. The number of nitrogen functional groups attached to an aromatic ring is 1. The van der Waals surface area contributed by atoms with Gasteiger partial charge in [0.25, 0.3) is 0 Å². The van der Waals surface area contributed by atoms with Crippen molar-refractivity contribution < 1.29 is 9.53 Å². The number of anilines is 2. The fourth-order valence-corrected chi connectivity index (χ4v) is 1.98. The van der Waals surface area contributed by atoms with E-state index in [9.17, 15) is 4.79 Å². The molecule has 0 atom stereocenters. The molecule has 1 aromatic heterocycles. The summed E-state index contributed by atoms with van der Waals surface area (Å²) in [6.07, 6.45) is 2.69. The third-order valence-corrected chi connectivity index (χ3v) is 2.91. The second-order valence-corrected chi connectivity index (χ2v) is 4.40. The van der Waals surface area contributed by atoms with Crippen LogP contribution >= 0.6 is 0 Å². The summed E-state index contributed by atoms with van der Waals surface area (Å²) >= 11 is 0. The van der Waals surface area contributed by atoms with Crippen molar-refractivity contribution in [2.24, 2.45) is 7.05 Å². The number of nitrogens with two attached hydrogens (primary N) is 1. The number of rotatable bonds is 2. The summed E-state index contributed by atoms with van der Waals surface area (Å²) in [5.74, 6) is 0.507. The van der Waals surface area contributed by atoms with E-state index in [2.05, 4.69) is 15.4 Å². The molecule has 0 spiro atoms. The van der Waals surface area contributed by atoms with Gasteiger partial charge in [-0.1, -0.05) is 0 Å². The lowest BCUT2D eigenvalue weighted by Crippen LogP contribution is -2.19. The molecule has 3 N–H and O–H groups in total. The average Bonchev–Trinajstić information content (AvgIpc) is 2.76. The second-order valence-electron chi connectivity index (χ2n) is 4.40. The van der Waals surface area contributed by atoms with E-state index in [-0.39, 0.29) is 11.9 Å². The first-order chi connectivity index (χ1) is 9.11. The fraction of sp³-hybridized carbons (Fsp3) is 0.250. The number of aryl methyl sites for hydroxylation is 2. The van der Waals surface area contributed by atoms with E-state index in [0.29, 0.717) is 24.3 Å². The van der Waals surface area contributed by atoms with Crippen LogP contribution in [0, 0.1) is 0 Å². The number of nitrogens with one attached hydrogen (secondary N) is 1. The predicted molar refractivity (Wildman–Crippen MR) is 68.9 cm³/mol. The number of hydrogen-bond donors (Lipinski definition) is 2. The number of amides is 1. The van der Waals surface area contributed by atoms with Gasteiger partial charge in [-0.2, -0.15) is 4.98 Å². The molecule has 1 aromatic carbocycles. The smallest absolute Gasteiger partial charge is 0.341 e. The van der Waals surface area contributed by atoms with Gasteiger partial charge in [0, 0.05) is 19.2 Å². The standard InChI is InChI=1S/C12H13N5O2/c1-17-6-14-12(16-17)19-10-4-7-2-3-11(18)15-9(7)5-8(10)13/h4-6H,2-3,13H2,1H3,(H,15,18). The molecule has 1 amide bonds. The van der Waals surface area contributed by atoms with Gasteiger partial charge in [-0.25, -0.2) is 0 Å². The van der Waals surface area contributed by atoms with E-state index < -0.39 is 0 Å². The first-order valence-electron chi connectivity index (χ1n) is 5.87. The molecule has 2 aromatic rings. The Morgan fingerprint density at radius 3 is 3.00 bits per heavy atom. The molecular formula is C12H13N5O2. The molecular weight excluding hydrogens is 246 g/mol. The Balaban J connectivity index is 1.92. The van der Waals surface area contributed by atoms with Gasteiger partial charge in [-0.05, 0) is 24.1 Å². The number of ether oxygens (including phenoxy) is 1. The summed E-state index contributed by atoms with van der Waals surface area (Å²) in [7, 11) is 1.76. The third-order valence-electron chi connectivity index (χ3n) is 2.91. The van der Waals surface area contributed by atoms with E-state index >= 15 is 0 Å². The minimum atomic E-state index is 0.00645. The zero-order valence-electron chi connectivity index (χ0n) is 10.4. The zero-order valence-corrected chi connectivity index (χ0v) is 10.4. The predicted octanol–water partition coefficient (Wildman–Crippen LogP) is 1.07. The van der Waals surface area contributed by atoms with Crippen molar-refractivity contribution in [3.8, 4) is 11.8 Å².